The molecule has 1 saturated heterocycles. The van der Waals surface area contributed by atoms with Crippen molar-refractivity contribution < 1.29 is 22.1 Å². The highest BCUT2D eigenvalue weighted by Gasteiger charge is 2.23. The SMILES string of the molecule is CCC(C)[NH+]1CCCC(=O)C1.[Cl-]. The number of ketones is 1. The van der Waals surface area contributed by atoms with E-state index in [1.165, 1.54) is 17.9 Å². The maximum absolute atomic E-state index is 11.1. The highest BCUT2D eigenvalue weighted by Crippen LogP contribution is 1.93. The molecule has 0 aromatic rings. The molecular weight excluding hydrogens is 174 g/mol. The highest BCUT2D eigenvalue weighted by molar-refractivity contribution is 5.79. The predicted octanol–water partition coefficient (Wildman–Crippen LogP) is -2.96. The summed E-state index contributed by atoms with van der Waals surface area (Å²) in [5.41, 5.74) is 0. The van der Waals surface area contributed by atoms with Crippen molar-refractivity contribution in [3.05, 3.63) is 0 Å². The molecule has 1 aliphatic rings. The van der Waals surface area contributed by atoms with Crippen molar-refractivity contribution in [2.45, 2.75) is 39.2 Å². The van der Waals surface area contributed by atoms with Crippen molar-refractivity contribution in [3.63, 3.8) is 0 Å². The van der Waals surface area contributed by atoms with Crippen LogP contribution in [0.25, 0.3) is 0 Å². The minimum atomic E-state index is 0. The van der Waals surface area contributed by atoms with Crippen LogP contribution in [0.1, 0.15) is 33.1 Å². The maximum Gasteiger partial charge on any atom is 0.187 e. The summed E-state index contributed by atoms with van der Waals surface area (Å²) in [5.74, 6) is 0.451. The Bertz CT molecular complexity index is 149. The van der Waals surface area contributed by atoms with Gasteiger partial charge in [0, 0.05) is 12.8 Å². The predicted molar refractivity (Wildman–Crippen MR) is 44.7 cm³/mol. The Hall–Kier alpha value is -0.0800. The third-order valence-electron chi connectivity index (χ3n) is 2.69. The number of Topliss-reactive ketones (excluding diaryl/α,β-unsaturated/α-hetero) is 1. The number of nitrogens with one attached hydrogen (secondary N) is 1. The first kappa shape index (κ1) is 11.9. The zero-order valence-corrected chi connectivity index (χ0v) is 8.66. The van der Waals surface area contributed by atoms with E-state index in [-0.39, 0.29) is 12.4 Å². The van der Waals surface area contributed by atoms with E-state index in [0.717, 1.165) is 19.4 Å². The first-order valence-electron chi connectivity index (χ1n) is 4.60. The lowest BCUT2D eigenvalue weighted by Gasteiger charge is -2.27. The Kier molecular flexibility index (Phi) is 5.51. The zero-order chi connectivity index (χ0) is 8.27. The number of hydrogen-bond acceptors (Lipinski definition) is 1. The van der Waals surface area contributed by atoms with E-state index in [1.54, 1.807) is 0 Å². The summed E-state index contributed by atoms with van der Waals surface area (Å²) in [5, 5.41) is 0. The average Bonchev–Trinajstić information content (AvgIpc) is 2.03. The maximum atomic E-state index is 11.1. The van der Waals surface area contributed by atoms with Gasteiger partial charge in [-0.15, -0.1) is 0 Å². The van der Waals surface area contributed by atoms with Gasteiger partial charge < -0.3 is 17.3 Å². The lowest BCUT2D eigenvalue weighted by atomic mass is 10.1. The number of likely N-dealkylation sites (tertiary alicyclic amines) is 1. The fourth-order valence-corrected chi connectivity index (χ4v) is 1.65. The molecule has 1 N–H and O–H groups in total. The Balaban J connectivity index is 0.00000121. The van der Waals surface area contributed by atoms with E-state index in [1.807, 2.05) is 0 Å². The monoisotopic (exact) mass is 191 g/mol. The van der Waals surface area contributed by atoms with Crippen molar-refractivity contribution in [3.8, 4) is 0 Å². The molecule has 0 amide bonds. The van der Waals surface area contributed by atoms with Crippen LogP contribution in [0.5, 0.6) is 0 Å². The fourth-order valence-electron chi connectivity index (χ4n) is 1.65. The number of halogens is 1. The van der Waals surface area contributed by atoms with Gasteiger partial charge in [0.2, 0.25) is 0 Å². The lowest BCUT2D eigenvalue weighted by molar-refractivity contribution is -0.918. The molecule has 0 bridgehead atoms. The van der Waals surface area contributed by atoms with E-state index >= 15 is 0 Å². The van der Waals surface area contributed by atoms with Crippen molar-refractivity contribution in [2.24, 2.45) is 0 Å². The summed E-state index contributed by atoms with van der Waals surface area (Å²) in [6.45, 7) is 6.39. The molecular formula is C9H18ClNO. The third-order valence-corrected chi connectivity index (χ3v) is 2.69. The lowest BCUT2D eigenvalue weighted by Crippen LogP contribution is -3.17. The largest absolute Gasteiger partial charge is 1.00 e. The molecule has 1 aliphatic heterocycles. The van der Waals surface area contributed by atoms with Crippen LogP contribution in [0.3, 0.4) is 0 Å². The van der Waals surface area contributed by atoms with E-state index in [4.69, 9.17) is 0 Å². The summed E-state index contributed by atoms with van der Waals surface area (Å²) in [4.78, 5) is 12.6. The van der Waals surface area contributed by atoms with Crippen molar-refractivity contribution in [2.75, 3.05) is 13.1 Å². The molecule has 1 rings (SSSR count). The molecule has 1 heterocycles. The molecule has 0 radical (unpaired) electrons. The quantitative estimate of drug-likeness (QED) is 0.495. The summed E-state index contributed by atoms with van der Waals surface area (Å²) in [6.07, 6.45) is 3.10. The van der Waals surface area contributed by atoms with Gasteiger partial charge in [-0.05, 0) is 13.3 Å². The second kappa shape index (κ2) is 5.55. The standard InChI is InChI=1S/C9H17NO.ClH/c1-3-8(2)10-6-4-5-9(11)7-10;/h8H,3-7H2,1-2H3;1H. The average molecular weight is 192 g/mol. The minimum Gasteiger partial charge on any atom is -1.00 e. The number of rotatable bonds is 2. The molecule has 2 unspecified atom stereocenters. The molecule has 3 heteroatoms. The minimum absolute atomic E-state index is 0. The van der Waals surface area contributed by atoms with Crippen LogP contribution in [0.15, 0.2) is 0 Å². The molecule has 0 aromatic carbocycles. The van der Waals surface area contributed by atoms with Gasteiger partial charge in [-0.1, -0.05) is 6.92 Å². The van der Waals surface area contributed by atoms with Gasteiger partial charge >= 0.3 is 0 Å². The van der Waals surface area contributed by atoms with Crippen molar-refractivity contribution in [1.82, 2.24) is 0 Å². The normalized spacial score (nSPS) is 26.2. The Morgan fingerprint density at radius 3 is 2.75 bits per heavy atom. The van der Waals surface area contributed by atoms with Gasteiger partial charge in [0.1, 0.15) is 6.54 Å². The summed E-state index contributed by atoms with van der Waals surface area (Å²) in [7, 11) is 0. The molecule has 0 spiro atoms. The second-order valence-corrected chi connectivity index (χ2v) is 3.54. The number of piperidine rings is 1. The van der Waals surface area contributed by atoms with E-state index in [2.05, 4.69) is 13.8 Å². The Morgan fingerprint density at radius 1 is 1.58 bits per heavy atom. The summed E-state index contributed by atoms with van der Waals surface area (Å²) < 4.78 is 0. The number of hydrogen-bond donors (Lipinski definition) is 1. The summed E-state index contributed by atoms with van der Waals surface area (Å²) >= 11 is 0. The molecule has 12 heavy (non-hydrogen) atoms. The van der Waals surface area contributed by atoms with Gasteiger partial charge in [0.25, 0.3) is 0 Å². The summed E-state index contributed by atoms with van der Waals surface area (Å²) in [6, 6.07) is 0.666. The smallest absolute Gasteiger partial charge is 0.187 e. The topological polar surface area (TPSA) is 21.5 Å². The van der Waals surface area contributed by atoms with Gasteiger partial charge in [0.15, 0.2) is 5.78 Å². The third kappa shape index (κ3) is 3.11. The van der Waals surface area contributed by atoms with E-state index < -0.39 is 0 Å². The van der Waals surface area contributed by atoms with E-state index in [0.29, 0.717) is 11.8 Å². The number of carbonyl (C=O) groups is 1. The highest BCUT2D eigenvalue weighted by atomic mass is 35.5. The van der Waals surface area contributed by atoms with Gasteiger partial charge in [-0.3, -0.25) is 4.79 Å². The first-order chi connectivity index (χ1) is 5.24. The molecule has 0 aromatic heterocycles. The van der Waals surface area contributed by atoms with E-state index in [9.17, 15) is 4.79 Å². The van der Waals surface area contributed by atoms with Gasteiger partial charge in [0.05, 0.1) is 12.6 Å². The molecule has 0 aliphatic carbocycles. The van der Waals surface area contributed by atoms with Crippen LogP contribution >= 0.6 is 0 Å². The zero-order valence-electron chi connectivity index (χ0n) is 7.90. The van der Waals surface area contributed by atoms with Crippen LogP contribution in [0.4, 0.5) is 0 Å². The van der Waals surface area contributed by atoms with Crippen LogP contribution in [-0.4, -0.2) is 24.9 Å². The number of quaternary nitrogens is 1. The first-order valence-corrected chi connectivity index (χ1v) is 4.60. The van der Waals surface area contributed by atoms with Crippen LogP contribution in [-0.2, 0) is 4.79 Å². The molecule has 0 saturated carbocycles. The van der Waals surface area contributed by atoms with Crippen LogP contribution in [0.2, 0.25) is 0 Å². The fraction of sp³-hybridized carbons (Fsp3) is 0.889. The molecule has 1 fully saturated rings. The Morgan fingerprint density at radius 2 is 2.25 bits per heavy atom. The molecule has 2 nitrogen and oxygen atoms in total. The van der Waals surface area contributed by atoms with Crippen molar-refractivity contribution in [1.29, 1.82) is 0 Å². The molecule has 72 valence electrons. The van der Waals surface area contributed by atoms with Gasteiger partial charge in [-0.25, -0.2) is 0 Å². The Labute approximate surface area is 80.7 Å². The van der Waals surface area contributed by atoms with Crippen LogP contribution < -0.4 is 17.3 Å². The van der Waals surface area contributed by atoms with Crippen molar-refractivity contribution >= 4 is 5.78 Å². The van der Waals surface area contributed by atoms with Gasteiger partial charge in [-0.2, -0.15) is 0 Å². The van der Waals surface area contributed by atoms with Crippen LogP contribution in [0, 0.1) is 0 Å². The number of carbonyl (C=O) groups excluding carboxylic acids is 1. The second-order valence-electron chi connectivity index (χ2n) is 3.54. The molecule has 2 atom stereocenters.